The summed E-state index contributed by atoms with van der Waals surface area (Å²) in [6, 6.07) is 12.2. The fourth-order valence-electron chi connectivity index (χ4n) is 3.67. The molecule has 1 aromatic carbocycles. The minimum absolute atomic E-state index is 0.144. The second kappa shape index (κ2) is 6.76. The number of H-pyrrole nitrogens is 1. The first kappa shape index (κ1) is 16.0. The van der Waals surface area contributed by atoms with Crippen LogP contribution in [-0.4, -0.2) is 21.4 Å². The molecule has 4 rings (SSSR count). The summed E-state index contributed by atoms with van der Waals surface area (Å²) in [5, 5.41) is 0.392. The Bertz CT molecular complexity index is 939. The maximum absolute atomic E-state index is 13.4. The van der Waals surface area contributed by atoms with Crippen molar-refractivity contribution in [2.45, 2.75) is 31.8 Å². The fourth-order valence-corrected chi connectivity index (χ4v) is 3.67. The predicted octanol–water partition coefficient (Wildman–Crippen LogP) is 3.79. The van der Waals surface area contributed by atoms with E-state index in [0.29, 0.717) is 17.4 Å². The van der Waals surface area contributed by atoms with E-state index in [-0.39, 0.29) is 11.5 Å². The molecule has 1 N–H and O–H groups in total. The zero-order valence-corrected chi connectivity index (χ0v) is 13.9. The van der Waals surface area contributed by atoms with E-state index in [9.17, 15) is 9.18 Å². The minimum atomic E-state index is -0.392. The van der Waals surface area contributed by atoms with E-state index in [0.717, 1.165) is 30.8 Å². The summed E-state index contributed by atoms with van der Waals surface area (Å²) in [6.07, 6.45) is 5.23. The van der Waals surface area contributed by atoms with Crippen LogP contribution in [0.4, 0.5) is 4.39 Å². The number of hydrogen-bond acceptors (Lipinski definition) is 3. The monoisotopic (exact) mass is 337 g/mol. The van der Waals surface area contributed by atoms with Gasteiger partial charge in [-0.05, 0) is 49.7 Å². The highest BCUT2D eigenvalue weighted by atomic mass is 19.1. The molecule has 0 amide bonds. The largest absolute Gasteiger partial charge is 0.357 e. The summed E-state index contributed by atoms with van der Waals surface area (Å²) in [4.78, 5) is 22.5. The molecule has 4 nitrogen and oxygen atoms in total. The molecule has 3 heterocycles. The molecule has 0 radical (unpaired) electrons. The maximum atomic E-state index is 13.4. The summed E-state index contributed by atoms with van der Waals surface area (Å²) < 4.78 is 13.4. The van der Waals surface area contributed by atoms with E-state index in [1.165, 1.54) is 18.6 Å². The lowest BCUT2D eigenvalue weighted by atomic mass is 9.98. The van der Waals surface area contributed by atoms with Crippen LogP contribution in [0.15, 0.2) is 53.5 Å². The standard InChI is InChI=1S/C20H20FN3O/c21-14-7-8-17-16(11-14)20(25)12-15(23-17)13-24-10-4-2-6-19(24)18-5-1-3-9-22-18/h1,3,5,7-9,11-12,19H,2,4,6,10,13H2,(H,23,25)/t19-/m0/s1. The van der Waals surface area contributed by atoms with E-state index in [1.54, 1.807) is 12.1 Å². The third-order valence-electron chi connectivity index (χ3n) is 4.86. The van der Waals surface area contributed by atoms with Crippen LogP contribution < -0.4 is 5.43 Å². The van der Waals surface area contributed by atoms with Gasteiger partial charge in [0, 0.05) is 35.4 Å². The summed E-state index contributed by atoms with van der Waals surface area (Å²) in [7, 11) is 0. The number of aromatic nitrogens is 2. The van der Waals surface area contributed by atoms with Crippen molar-refractivity contribution in [1.82, 2.24) is 14.9 Å². The third-order valence-corrected chi connectivity index (χ3v) is 4.86. The third kappa shape index (κ3) is 3.33. The minimum Gasteiger partial charge on any atom is -0.357 e. The van der Waals surface area contributed by atoms with E-state index in [1.807, 2.05) is 18.3 Å². The van der Waals surface area contributed by atoms with Gasteiger partial charge in [-0.2, -0.15) is 0 Å². The van der Waals surface area contributed by atoms with Crippen molar-refractivity contribution in [2.75, 3.05) is 6.54 Å². The zero-order valence-electron chi connectivity index (χ0n) is 13.9. The molecule has 1 atom stereocenters. The Labute approximate surface area is 145 Å². The lowest BCUT2D eigenvalue weighted by Gasteiger charge is -2.35. The van der Waals surface area contributed by atoms with Gasteiger partial charge in [0.1, 0.15) is 5.82 Å². The Morgan fingerprint density at radius 2 is 2.12 bits per heavy atom. The van der Waals surface area contributed by atoms with Crippen LogP contribution in [0, 0.1) is 5.82 Å². The van der Waals surface area contributed by atoms with Gasteiger partial charge in [-0.3, -0.25) is 14.7 Å². The lowest BCUT2D eigenvalue weighted by molar-refractivity contribution is 0.135. The average molecular weight is 337 g/mol. The molecule has 1 saturated heterocycles. The Kier molecular flexibility index (Phi) is 4.32. The van der Waals surface area contributed by atoms with Gasteiger partial charge < -0.3 is 4.98 Å². The van der Waals surface area contributed by atoms with Crippen LogP contribution in [-0.2, 0) is 6.54 Å². The molecule has 0 unspecified atom stereocenters. The highest BCUT2D eigenvalue weighted by Gasteiger charge is 2.25. The first-order valence-electron chi connectivity index (χ1n) is 8.67. The van der Waals surface area contributed by atoms with E-state index in [2.05, 4.69) is 20.9 Å². The topological polar surface area (TPSA) is 49.0 Å². The van der Waals surface area contributed by atoms with E-state index in [4.69, 9.17) is 0 Å². The van der Waals surface area contributed by atoms with E-state index >= 15 is 0 Å². The highest BCUT2D eigenvalue weighted by molar-refractivity contribution is 5.78. The Morgan fingerprint density at radius 1 is 1.20 bits per heavy atom. The van der Waals surface area contributed by atoms with Gasteiger partial charge in [-0.25, -0.2) is 4.39 Å². The van der Waals surface area contributed by atoms with Gasteiger partial charge in [0.15, 0.2) is 5.43 Å². The second-order valence-corrected chi connectivity index (χ2v) is 6.59. The quantitative estimate of drug-likeness (QED) is 0.791. The molecule has 0 saturated carbocycles. The molecule has 25 heavy (non-hydrogen) atoms. The van der Waals surface area contributed by atoms with Crippen molar-refractivity contribution in [2.24, 2.45) is 0 Å². The van der Waals surface area contributed by atoms with Gasteiger partial charge in [0.05, 0.1) is 11.7 Å². The van der Waals surface area contributed by atoms with Gasteiger partial charge in [-0.1, -0.05) is 12.5 Å². The summed E-state index contributed by atoms with van der Waals surface area (Å²) in [5.74, 6) is -0.392. The number of pyridine rings is 2. The maximum Gasteiger partial charge on any atom is 0.189 e. The molecular formula is C20H20FN3O. The van der Waals surface area contributed by atoms with Crippen LogP contribution in [0.5, 0.6) is 0 Å². The van der Waals surface area contributed by atoms with Crippen molar-refractivity contribution < 1.29 is 4.39 Å². The summed E-state index contributed by atoms with van der Waals surface area (Å²) in [5.41, 5.74) is 2.46. The second-order valence-electron chi connectivity index (χ2n) is 6.59. The number of benzene rings is 1. The fraction of sp³-hybridized carbons (Fsp3) is 0.300. The molecule has 1 aliphatic rings. The lowest BCUT2D eigenvalue weighted by Crippen LogP contribution is -2.34. The van der Waals surface area contributed by atoms with E-state index < -0.39 is 5.82 Å². The first-order valence-corrected chi connectivity index (χ1v) is 8.67. The molecule has 5 heteroatoms. The Hall–Kier alpha value is -2.53. The van der Waals surface area contributed by atoms with Gasteiger partial charge >= 0.3 is 0 Å². The normalized spacial score (nSPS) is 18.5. The molecular weight excluding hydrogens is 317 g/mol. The SMILES string of the molecule is O=c1cc(CN2CCCC[C@H]2c2ccccn2)[nH]c2ccc(F)cc12. The van der Waals surface area contributed by atoms with Crippen LogP contribution in [0.3, 0.4) is 0 Å². The number of fused-ring (bicyclic) bond motifs is 1. The summed E-state index contributed by atoms with van der Waals surface area (Å²) >= 11 is 0. The number of likely N-dealkylation sites (tertiary alicyclic amines) is 1. The number of halogens is 1. The molecule has 0 aliphatic carbocycles. The predicted molar refractivity (Wildman–Crippen MR) is 95.8 cm³/mol. The first-order chi connectivity index (χ1) is 12.2. The van der Waals surface area contributed by atoms with Gasteiger partial charge in [0.25, 0.3) is 0 Å². The average Bonchev–Trinajstić information content (AvgIpc) is 2.64. The Morgan fingerprint density at radius 3 is 2.96 bits per heavy atom. The van der Waals surface area contributed by atoms with Crippen LogP contribution in [0.1, 0.15) is 36.7 Å². The number of aromatic amines is 1. The smallest absolute Gasteiger partial charge is 0.189 e. The van der Waals surface area contributed by atoms with Crippen LogP contribution >= 0.6 is 0 Å². The van der Waals surface area contributed by atoms with Crippen molar-refractivity contribution in [3.8, 4) is 0 Å². The van der Waals surface area contributed by atoms with Crippen LogP contribution in [0.2, 0.25) is 0 Å². The molecule has 2 aromatic heterocycles. The molecule has 0 spiro atoms. The van der Waals surface area contributed by atoms with Gasteiger partial charge in [-0.15, -0.1) is 0 Å². The number of piperidine rings is 1. The molecule has 1 aliphatic heterocycles. The highest BCUT2D eigenvalue weighted by Crippen LogP contribution is 2.30. The molecule has 128 valence electrons. The molecule has 0 bridgehead atoms. The Balaban J connectivity index is 1.65. The number of hydrogen-bond donors (Lipinski definition) is 1. The number of rotatable bonds is 3. The number of nitrogens with one attached hydrogen (secondary N) is 1. The van der Waals surface area contributed by atoms with Crippen molar-refractivity contribution in [3.05, 3.63) is 76.1 Å². The van der Waals surface area contributed by atoms with Crippen molar-refractivity contribution >= 4 is 10.9 Å². The van der Waals surface area contributed by atoms with Crippen molar-refractivity contribution in [3.63, 3.8) is 0 Å². The van der Waals surface area contributed by atoms with Crippen molar-refractivity contribution in [1.29, 1.82) is 0 Å². The molecule has 3 aromatic rings. The summed E-state index contributed by atoms with van der Waals surface area (Å²) in [6.45, 7) is 1.63. The van der Waals surface area contributed by atoms with Gasteiger partial charge in [0.2, 0.25) is 0 Å². The zero-order chi connectivity index (χ0) is 17.2. The molecule has 1 fully saturated rings. The van der Waals surface area contributed by atoms with Crippen LogP contribution in [0.25, 0.3) is 10.9 Å². The number of nitrogens with zero attached hydrogens (tertiary/aromatic N) is 2.